The van der Waals surface area contributed by atoms with Crippen molar-refractivity contribution in [1.29, 1.82) is 0 Å². The highest BCUT2D eigenvalue weighted by molar-refractivity contribution is 7.88. The van der Waals surface area contributed by atoms with Crippen molar-refractivity contribution >= 4 is 22.0 Å². The van der Waals surface area contributed by atoms with E-state index in [1.165, 1.54) is 5.56 Å². The van der Waals surface area contributed by atoms with Crippen LogP contribution in [0.5, 0.6) is 0 Å². The molecule has 2 aliphatic heterocycles. The number of piperidine rings is 1. The third-order valence-electron chi connectivity index (χ3n) is 6.55. The van der Waals surface area contributed by atoms with Gasteiger partial charge in [-0.2, -0.15) is 0 Å². The lowest BCUT2D eigenvalue weighted by Crippen LogP contribution is -2.51. The second-order valence-electron chi connectivity index (χ2n) is 8.85. The number of carbonyl (C=O) groups excluding carboxylic acids is 1. The van der Waals surface area contributed by atoms with Gasteiger partial charge in [0.1, 0.15) is 0 Å². The summed E-state index contributed by atoms with van der Waals surface area (Å²) < 4.78 is 27.1. The van der Waals surface area contributed by atoms with Gasteiger partial charge in [0.05, 0.1) is 5.75 Å². The largest absolute Gasteiger partial charge is 0.340 e. The number of sulfonamides is 1. The molecule has 1 amide bonds. The number of amides is 1. The van der Waals surface area contributed by atoms with E-state index in [0.29, 0.717) is 25.9 Å². The molecule has 0 saturated carbocycles. The van der Waals surface area contributed by atoms with Crippen LogP contribution in [0.15, 0.2) is 66.7 Å². The van der Waals surface area contributed by atoms with Gasteiger partial charge in [-0.15, -0.1) is 0 Å². The van der Waals surface area contributed by atoms with Crippen LogP contribution in [0.1, 0.15) is 24.0 Å². The minimum absolute atomic E-state index is 0.0210. The maximum absolute atomic E-state index is 13.0. The van der Waals surface area contributed by atoms with Gasteiger partial charge in [0.25, 0.3) is 0 Å². The maximum Gasteiger partial charge on any atom is 0.225 e. The van der Waals surface area contributed by atoms with Crippen molar-refractivity contribution in [3.8, 4) is 0 Å². The molecule has 2 saturated heterocycles. The smallest absolute Gasteiger partial charge is 0.225 e. The molecule has 4 rings (SSSR count). The van der Waals surface area contributed by atoms with Crippen LogP contribution >= 0.6 is 0 Å². The Morgan fingerprint density at radius 3 is 2.09 bits per heavy atom. The van der Waals surface area contributed by atoms with Crippen LogP contribution in [-0.4, -0.2) is 74.2 Å². The van der Waals surface area contributed by atoms with Crippen LogP contribution in [0.3, 0.4) is 0 Å². The summed E-state index contributed by atoms with van der Waals surface area (Å²) in [5, 5.41) is 0. The van der Waals surface area contributed by atoms with E-state index >= 15 is 0 Å². The number of piperazine rings is 1. The molecule has 0 bridgehead atoms. The van der Waals surface area contributed by atoms with Gasteiger partial charge in [0, 0.05) is 51.7 Å². The average Bonchev–Trinajstić information content (AvgIpc) is 2.85. The summed E-state index contributed by atoms with van der Waals surface area (Å²) in [7, 11) is -3.35. The predicted octanol–water partition coefficient (Wildman–Crippen LogP) is 3.09. The second kappa shape index (κ2) is 11.1. The lowest BCUT2D eigenvalue weighted by molar-refractivity contribution is -0.138. The molecule has 0 unspecified atom stereocenters. The van der Waals surface area contributed by atoms with Gasteiger partial charge < -0.3 is 4.90 Å². The molecule has 33 heavy (non-hydrogen) atoms. The fourth-order valence-corrected chi connectivity index (χ4v) is 6.13. The molecule has 2 aromatic carbocycles. The molecule has 0 radical (unpaired) electrons. The molecule has 2 fully saturated rings. The van der Waals surface area contributed by atoms with Crippen LogP contribution in [0.4, 0.5) is 0 Å². The molecule has 0 N–H and O–H groups in total. The van der Waals surface area contributed by atoms with Gasteiger partial charge in [-0.05, 0) is 24.0 Å². The van der Waals surface area contributed by atoms with Gasteiger partial charge >= 0.3 is 0 Å². The van der Waals surface area contributed by atoms with Crippen molar-refractivity contribution in [3.05, 3.63) is 77.9 Å². The number of nitrogens with zero attached hydrogens (tertiary/aromatic N) is 3. The normalized spacial score (nSPS) is 19.2. The Morgan fingerprint density at radius 1 is 0.848 bits per heavy atom. The SMILES string of the molecule is O=C(C1CCN(S(=O)(=O)Cc2ccccc2)CC1)N1CCN(CC=Cc2ccccc2)CC1. The first-order valence-electron chi connectivity index (χ1n) is 11.8. The van der Waals surface area contributed by atoms with E-state index in [-0.39, 0.29) is 17.6 Å². The summed E-state index contributed by atoms with van der Waals surface area (Å²) in [6, 6.07) is 19.5. The number of hydrogen-bond donors (Lipinski definition) is 0. The fourth-order valence-electron chi connectivity index (χ4n) is 4.57. The quantitative estimate of drug-likeness (QED) is 0.628. The Kier molecular flexibility index (Phi) is 7.96. The molecule has 176 valence electrons. The highest BCUT2D eigenvalue weighted by atomic mass is 32.2. The highest BCUT2D eigenvalue weighted by Gasteiger charge is 2.33. The van der Waals surface area contributed by atoms with Crippen molar-refractivity contribution in [2.24, 2.45) is 5.92 Å². The minimum atomic E-state index is -3.35. The summed E-state index contributed by atoms with van der Waals surface area (Å²) in [4.78, 5) is 17.4. The first-order valence-corrected chi connectivity index (χ1v) is 13.4. The second-order valence-corrected chi connectivity index (χ2v) is 10.8. The lowest BCUT2D eigenvalue weighted by atomic mass is 9.96. The van der Waals surface area contributed by atoms with Gasteiger partial charge in [-0.25, -0.2) is 12.7 Å². The topological polar surface area (TPSA) is 60.9 Å². The van der Waals surface area contributed by atoms with Crippen molar-refractivity contribution < 1.29 is 13.2 Å². The molecule has 6 nitrogen and oxygen atoms in total. The Balaban J connectivity index is 1.20. The van der Waals surface area contributed by atoms with E-state index < -0.39 is 10.0 Å². The summed E-state index contributed by atoms with van der Waals surface area (Å²) in [5.74, 6) is 0.139. The molecule has 7 heteroatoms. The molecule has 0 aliphatic carbocycles. The highest BCUT2D eigenvalue weighted by Crippen LogP contribution is 2.24. The van der Waals surface area contributed by atoms with Gasteiger partial charge in [0.15, 0.2) is 0 Å². The molecular weight excluding hydrogens is 434 g/mol. The monoisotopic (exact) mass is 467 g/mol. The Labute approximate surface area is 197 Å². The Bertz CT molecular complexity index is 1020. The van der Waals surface area contributed by atoms with E-state index in [1.54, 1.807) is 4.31 Å². The van der Waals surface area contributed by atoms with Gasteiger partial charge in [0.2, 0.25) is 15.9 Å². The predicted molar refractivity (Wildman–Crippen MR) is 132 cm³/mol. The molecule has 0 atom stereocenters. The maximum atomic E-state index is 13.0. The number of rotatable bonds is 7. The van der Waals surface area contributed by atoms with Crippen LogP contribution in [0.25, 0.3) is 6.08 Å². The van der Waals surface area contributed by atoms with E-state index in [9.17, 15) is 13.2 Å². The van der Waals surface area contributed by atoms with E-state index in [2.05, 4.69) is 29.2 Å². The summed E-state index contributed by atoms with van der Waals surface area (Å²) in [6.07, 6.45) is 5.52. The number of benzene rings is 2. The molecule has 2 heterocycles. The third-order valence-corrected chi connectivity index (χ3v) is 8.40. The third kappa shape index (κ3) is 6.53. The van der Waals surface area contributed by atoms with Crippen LogP contribution in [0.2, 0.25) is 0 Å². The first kappa shape index (κ1) is 23.7. The van der Waals surface area contributed by atoms with Crippen molar-refractivity contribution in [2.45, 2.75) is 18.6 Å². The standard InChI is InChI=1S/C26H33N3O3S/c30-26(28-20-18-27(19-21-28)15-7-12-23-8-3-1-4-9-23)25-13-16-29(17-14-25)33(31,32)22-24-10-5-2-6-11-24/h1-12,25H,13-22H2. The van der Waals surface area contributed by atoms with Crippen molar-refractivity contribution in [3.63, 3.8) is 0 Å². The van der Waals surface area contributed by atoms with Crippen LogP contribution in [0, 0.1) is 5.92 Å². The fraction of sp³-hybridized carbons (Fsp3) is 0.423. The Hall–Kier alpha value is -2.48. The van der Waals surface area contributed by atoms with Gasteiger partial charge in [-0.1, -0.05) is 72.8 Å². The van der Waals surface area contributed by atoms with Crippen molar-refractivity contribution in [2.75, 3.05) is 45.8 Å². The zero-order valence-electron chi connectivity index (χ0n) is 19.1. The summed E-state index contributed by atoms with van der Waals surface area (Å²) in [6.45, 7) is 4.96. The number of carbonyl (C=O) groups is 1. The molecule has 2 aromatic rings. The molecule has 0 spiro atoms. The van der Waals surface area contributed by atoms with E-state index in [0.717, 1.165) is 38.3 Å². The van der Waals surface area contributed by atoms with Crippen molar-refractivity contribution in [1.82, 2.24) is 14.1 Å². The molecule has 0 aromatic heterocycles. The Morgan fingerprint density at radius 2 is 1.45 bits per heavy atom. The zero-order valence-corrected chi connectivity index (χ0v) is 19.9. The summed E-state index contributed by atoms with van der Waals surface area (Å²) >= 11 is 0. The molecule has 2 aliphatic rings. The number of hydrogen-bond acceptors (Lipinski definition) is 4. The van der Waals surface area contributed by atoms with Crippen LogP contribution < -0.4 is 0 Å². The van der Waals surface area contributed by atoms with E-state index in [4.69, 9.17) is 0 Å². The molecular formula is C26H33N3O3S. The minimum Gasteiger partial charge on any atom is -0.340 e. The van der Waals surface area contributed by atoms with Crippen LogP contribution in [-0.2, 0) is 20.6 Å². The van der Waals surface area contributed by atoms with Gasteiger partial charge in [-0.3, -0.25) is 9.69 Å². The van der Waals surface area contributed by atoms with E-state index in [1.807, 2.05) is 53.4 Å². The zero-order chi connectivity index (χ0) is 23.1. The average molecular weight is 468 g/mol. The summed E-state index contributed by atoms with van der Waals surface area (Å²) in [5.41, 5.74) is 2.00. The first-order chi connectivity index (χ1) is 16.0. The lowest BCUT2D eigenvalue weighted by Gasteiger charge is -2.38.